The van der Waals surface area contributed by atoms with Crippen LogP contribution in [0.25, 0.3) is 5.69 Å². The molecule has 3 aromatic rings. The van der Waals surface area contributed by atoms with Gasteiger partial charge in [-0.05, 0) is 38.4 Å². The van der Waals surface area contributed by atoms with Gasteiger partial charge in [-0.1, -0.05) is 12.1 Å². The molecular weight excluding hydrogens is 342 g/mol. The number of para-hydroxylation sites is 1. The highest BCUT2D eigenvalue weighted by atomic mass is 16.4. The number of carboxylic acids is 1. The van der Waals surface area contributed by atoms with Crippen LogP contribution in [0.15, 0.2) is 49.1 Å². The molecule has 3 heterocycles. The van der Waals surface area contributed by atoms with E-state index in [4.69, 9.17) is 0 Å². The number of rotatable bonds is 5. The summed E-state index contributed by atoms with van der Waals surface area (Å²) in [5.74, 6) is -0.958. The highest BCUT2D eigenvalue weighted by Gasteiger charge is 2.27. The Balaban J connectivity index is 1.55. The summed E-state index contributed by atoms with van der Waals surface area (Å²) in [5, 5.41) is 13.8. The fourth-order valence-electron chi connectivity index (χ4n) is 3.66. The van der Waals surface area contributed by atoms with Crippen molar-refractivity contribution in [2.24, 2.45) is 0 Å². The number of nitrogens with zero attached hydrogens (tertiary/aromatic N) is 5. The van der Waals surface area contributed by atoms with Crippen molar-refractivity contribution in [2.45, 2.75) is 32.4 Å². The van der Waals surface area contributed by atoms with Crippen molar-refractivity contribution in [1.29, 1.82) is 0 Å². The van der Waals surface area contributed by atoms with Gasteiger partial charge < -0.3 is 5.11 Å². The maximum absolute atomic E-state index is 11.4. The monoisotopic (exact) mass is 363 g/mol. The first-order chi connectivity index (χ1) is 13.1. The average Bonchev–Trinajstić information content (AvgIpc) is 3.32. The fourth-order valence-corrected chi connectivity index (χ4v) is 3.66. The Bertz CT molecular complexity index is 968. The lowest BCUT2D eigenvalue weighted by Crippen LogP contribution is -2.23. The van der Waals surface area contributed by atoms with Crippen LogP contribution in [-0.4, -0.2) is 42.3 Å². The van der Waals surface area contributed by atoms with E-state index in [0.29, 0.717) is 5.69 Å². The van der Waals surface area contributed by atoms with Crippen molar-refractivity contribution in [3.8, 4) is 5.69 Å². The number of hydrogen-bond acceptors (Lipinski definition) is 5. The number of carboxylic acid groups (broad SMARTS) is 1. The molecule has 0 saturated carbocycles. The Morgan fingerprint density at radius 3 is 2.93 bits per heavy atom. The summed E-state index contributed by atoms with van der Waals surface area (Å²) >= 11 is 0. The lowest BCUT2D eigenvalue weighted by molar-refractivity contribution is 0.0696. The van der Waals surface area contributed by atoms with Gasteiger partial charge in [-0.2, -0.15) is 5.10 Å². The fraction of sp³-hybridized carbons (Fsp3) is 0.300. The molecule has 0 aliphatic carbocycles. The van der Waals surface area contributed by atoms with Gasteiger partial charge in [0.05, 0.1) is 34.9 Å². The minimum Gasteiger partial charge on any atom is -0.478 e. The van der Waals surface area contributed by atoms with E-state index in [1.54, 1.807) is 35.3 Å². The molecule has 2 aromatic heterocycles. The van der Waals surface area contributed by atoms with Crippen LogP contribution in [0, 0.1) is 6.92 Å². The largest absolute Gasteiger partial charge is 0.478 e. The van der Waals surface area contributed by atoms with E-state index in [1.165, 1.54) is 0 Å². The molecule has 1 aliphatic heterocycles. The molecule has 0 spiro atoms. The molecule has 138 valence electrons. The highest BCUT2D eigenvalue weighted by Crippen LogP contribution is 2.32. The summed E-state index contributed by atoms with van der Waals surface area (Å²) in [5.41, 5.74) is 3.79. The van der Waals surface area contributed by atoms with Gasteiger partial charge in [0.25, 0.3) is 0 Å². The molecule has 1 N–H and O–H groups in total. The first kappa shape index (κ1) is 17.4. The third kappa shape index (κ3) is 3.59. The van der Waals surface area contributed by atoms with E-state index in [9.17, 15) is 9.90 Å². The third-order valence-electron chi connectivity index (χ3n) is 4.88. The van der Waals surface area contributed by atoms with Crippen LogP contribution in [-0.2, 0) is 6.54 Å². The molecule has 0 unspecified atom stereocenters. The molecule has 0 amide bonds. The van der Waals surface area contributed by atoms with Gasteiger partial charge in [0.15, 0.2) is 0 Å². The van der Waals surface area contributed by atoms with Gasteiger partial charge in [-0.15, -0.1) is 0 Å². The zero-order chi connectivity index (χ0) is 18.8. The average molecular weight is 363 g/mol. The maximum Gasteiger partial charge on any atom is 0.337 e. The van der Waals surface area contributed by atoms with Gasteiger partial charge in [0, 0.05) is 30.7 Å². The van der Waals surface area contributed by atoms with Crippen molar-refractivity contribution < 1.29 is 9.90 Å². The number of aromatic carboxylic acids is 1. The summed E-state index contributed by atoms with van der Waals surface area (Å²) in [7, 11) is 0. The van der Waals surface area contributed by atoms with Gasteiger partial charge >= 0.3 is 5.97 Å². The van der Waals surface area contributed by atoms with E-state index in [-0.39, 0.29) is 11.6 Å². The van der Waals surface area contributed by atoms with Crippen molar-refractivity contribution in [3.05, 3.63) is 71.6 Å². The summed E-state index contributed by atoms with van der Waals surface area (Å²) in [6.07, 6.45) is 9.51. The number of benzene rings is 1. The predicted octanol–water partition coefficient (Wildman–Crippen LogP) is 3.01. The molecule has 27 heavy (non-hydrogen) atoms. The Morgan fingerprint density at radius 1 is 1.26 bits per heavy atom. The third-order valence-corrected chi connectivity index (χ3v) is 4.88. The molecule has 0 radical (unpaired) electrons. The van der Waals surface area contributed by atoms with Crippen molar-refractivity contribution >= 4 is 5.97 Å². The summed E-state index contributed by atoms with van der Waals surface area (Å²) < 4.78 is 1.64. The van der Waals surface area contributed by atoms with Gasteiger partial charge in [-0.25, -0.2) is 9.48 Å². The number of aromatic nitrogens is 4. The van der Waals surface area contributed by atoms with E-state index < -0.39 is 5.97 Å². The Hall–Kier alpha value is -3.06. The summed E-state index contributed by atoms with van der Waals surface area (Å²) in [6, 6.07) is 7.14. The molecular formula is C20H21N5O2. The molecule has 1 atom stereocenters. The van der Waals surface area contributed by atoms with Crippen LogP contribution in [0.2, 0.25) is 0 Å². The lowest BCUT2D eigenvalue weighted by Gasteiger charge is -2.23. The highest BCUT2D eigenvalue weighted by molar-refractivity contribution is 5.91. The molecule has 4 rings (SSSR count). The van der Waals surface area contributed by atoms with Gasteiger partial charge in [0.1, 0.15) is 0 Å². The SMILES string of the molecule is Cc1cncc([C@H]2CCCN2Cc2cnn(-c3ccccc3C(=O)O)c2)n1. The van der Waals surface area contributed by atoms with Crippen molar-refractivity contribution in [3.63, 3.8) is 0 Å². The summed E-state index contributed by atoms with van der Waals surface area (Å²) in [6.45, 7) is 3.70. The van der Waals surface area contributed by atoms with Crippen molar-refractivity contribution in [1.82, 2.24) is 24.6 Å². The predicted molar refractivity (Wildman–Crippen MR) is 99.7 cm³/mol. The van der Waals surface area contributed by atoms with E-state index in [2.05, 4.69) is 20.0 Å². The Labute approximate surface area is 157 Å². The smallest absolute Gasteiger partial charge is 0.337 e. The minimum absolute atomic E-state index is 0.237. The second kappa shape index (κ2) is 7.28. The topological polar surface area (TPSA) is 84.1 Å². The first-order valence-corrected chi connectivity index (χ1v) is 9.00. The zero-order valence-corrected chi connectivity index (χ0v) is 15.1. The molecule has 0 bridgehead atoms. The second-order valence-corrected chi connectivity index (χ2v) is 6.83. The van der Waals surface area contributed by atoms with E-state index in [1.807, 2.05) is 25.4 Å². The van der Waals surface area contributed by atoms with E-state index >= 15 is 0 Å². The van der Waals surface area contributed by atoms with Crippen LogP contribution < -0.4 is 0 Å². The Morgan fingerprint density at radius 2 is 2.11 bits per heavy atom. The van der Waals surface area contributed by atoms with Crippen LogP contribution in [0.4, 0.5) is 0 Å². The number of hydrogen-bond donors (Lipinski definition) is 1. The second-order valence-electron chi connectivity index (χ2n) is 6.83. The molecule has 1 fully saturated rings. The van der Waals surface area contributed by atoms with Crippen LogP contribution in [0.5, 0.6) is 0 Å². The van der Waals surface area contributed by atoms with Crippen LogP contribution >= 0.6 is 0 Å². The molecule has 7 nitrogen and oxygen atoms in total. The van der Waals surface area contributed by atoms with Crippen molar-refractivity contribution in [2.75, 3.05) is 6.54 Å². The Kier molecular flexibility index (Phi) is 4.68. The van der Waals surface area contributed by atoms with Crippen LogP contribution in [0.3, 0.4) is 0 Å². The number of likely N-dealkylation sites (tertiary alicyclic amines) is 1. The van der Waals surface area contributed by atoms with Crippen LogP contribution in [0.1, 0.15) is 46.2 Å². The van der Waals surface area contributed by atoms with Gasteiger partial charge in [-0.3, -0.25) is 14.9 Å². The molecule has 1 aromatic carbocycles. The normalized spacial score (nSPS) is 17.3. The minimum atomic E-state index is -0.958. The quantitative estimate of drug-likeness (QED) is 0.750. The first-order valence-electron chi connectivity index (χ1n) is 9.00. The molecule has 1 aliphatic rings. The standard InChI is InChI=1S/C20H21N5O2/c1-14-9-21-11-17(23-14)19-7-4-8-24(19)12-15-10-22-25(13-15)18-6-3-2-5-16(18)20(26)27/h2-3,5-6,9-11,13,19H,4,7-8,12H2,1H3,(H,26,27)/t19-/m1/s1. The molecule has 7 heteroatoms. The number of carbonyl (C=O) groups is 1. The number of aryl methyl sites for hydroxylation is 1. The zero-order valence-electron chi connectivity index (χ0n) is 15.1. The molecule has 1 saturated heterocycles. The summed E-state index contributed by atoms with van der Waals surface area (Å²) in [4.78, 5) is 22.7. The lowest BCUT2D eigenvalue weighted by atomic mass is 10.1. The maximum atomic E-state index is 11.4. The van der Waals surface area contributed by atoms with Gasteiger partial charge in [0.2, 0.25) is 0 Å². The van der Waals surface area contributed by atoms with E-state index in [0.717, 1.165) is 42.9 Å².